The third kappa shape index (κ3) is 3.81. The van der Waals surface area contributed by atoms with E-state index in [0.717, 1.165) is 12.1 Å². The Morgan fingerprint density at radius 2 is 1.50 bits per heavy atom. The Labute approximate surface area is 154 Å². The molecule has 28 heavy (non-hydrogen) atoms. The van der Waals surface area contributed by atoms with Gasteiger partial charge in [-0.15, -0.1) is 5.10 Å². The molecule has 12 heteroatoms. The van der Waals surface area contributed by atoms with E-state index >= 15 is 0 Å². The summed E-state index contributed by atoms with van der Waals surface area (Å²) in [6.07, 6.45) is -5.04. The summed E-state index contributed by atoms with van der Waals surface area (Å²) in [6.45, 7) is 0. The van der Waals surface area contributed by atoms with Gasteiger partial charge in [-0.3, -0.25) is 0 Å². The average Bonchev–Trinajstić information content (AvgIpc) is 2.98. The van der Waals surface area contributed by atoms with Crippen molar-refractivity contribution in [1.29, 1.82) is 0 Å². The SMILES string of the molecule is O=S(=O)(Nn1nc(C(F)(F)F)cc1-c1c(F)cc(F)cc1F)c1ccccc1. The summed E-state index contributed by atoms with van der Waals surface area (Å²) in [6, 6.07) is 7.25. The first-order valence-electron chi connectivity index (χ1n) is 7.39. The van der Waals surface area contributed by atoms with E-state index in [1.54, 1.807) is 4.83 Å². The summed E-state index contributed by atoms with van der Waals surface area (Å²) in [5.41, 5.74) is -3.59. The fraction of sp³-hybridized carbons (Fsp3) is 0.0625. The highest BCUT2D eigenvalue weighted by Crippen LogP contribution is 2.34. The molecule has 0 aliphatic carbocycles. The first kappa shape index (κ1) is 19.7. The highest BCUT2D eigenvalue weighted by Gasteiger charge is 2.36. The first-order chi connectivity index (χ1) is 13.0. The lowest BCUT2D eigenvalue weighted by Gasteiger charge is -2.12. The minimum atomic E-state index is -5.04. The van der Waals surface area contributed by atoms with Gasteiger partial charge in [0.25, 0.3) is 10.0 Å². The number of halogens is 6. The van der Waals surface area contributed by atoms with Crippen LogP contribution in [-0.2, 0) is 16.2 Å². The molecule has 0 aliphatic rings. The van der Waals surface area contributed by atoms with Crippen LogP contribution in [-0.4, -0.2) is 18.3 Å². The topological polar surface area (TPSA) is 64.0 Å². The Kier molecular flexibility index (Phi) is 4.83. The predicted octanol–water partition coefficient (Wildman–Crippen LogP) is 3.92. The summed E-state index contributed by atoms with van der Waals surface area (Å²) in [4.78, 5) is 1.46. The van der Waals surface area contributed by atoms with Gasteiger partial charge in [-0.2, -0.15) is 31.2 Å². The molecule has 0 unspecified atom stereocenters. The van der Waals surface area contributed by atoms with Gasteiger partial charge in [0.05, 0.1) is 16.2 Å². The molecule has 5 nitrogen and oxygen atoms in total. The van der Waals surface area contributed by atoms with Crippen molar-refractivity contribution in [1.82, 2.24) is 9.89 Å². The fourth-order valence-corrected chi connectivity index (χ4v) is 3.31. The lowest BCUT2D eigenvalue weighted by atomic mass is 10.1. The van der Waals surface area contributed by atoms with E-state index in [1.165, 1.54) is 18.2 Å². The van der Waals surface area contributed by atoms with Crippen molar-refractivity contribution in [2.45, 2.75) is 11.1 Å². The Hall–Kier alpha value is -3.02. The van der Waals surface area contributed by atoms with Crippen LogP contribution >= 0.6 is 0 Å². The molecule has 1 N–H and O–H groups in total. The number of nitrogens with one attached hydrogen (secondary N) is 1. The van der Waals surface area contributed by atoms with Gasteiger partial charge in [0.15, 0.2) is 5.69 Å². The van der Waals surface area contributed by atoms with Crippen molar-refractivity contribution in [2.75, 3.05) is 4.83 Å². The Morgan fingerprint density at radius 3 is 2.04 bits per heavy atom. The van der Waals surface area contributed by atoms with E-state index in [-0.39, 0.29) is 27.9 Å². The summed E-state index contributed by atoms with van der Waals surface area (Å²) in [7, 11) is -4.45. The normalized spacial score (nSPS) is 12.2. The summed E-state index contributed by atoms with van der Waals surface area (Å²) in [5.74, 6) is -4.37. The van der Waals surface area contributed by atoms with Crippen LogP contribution in [0.4, 0.5) is 26.3 Å². The Morgan fingerprint density at radius 1 is 0.929 bits per heavy atom. The van der Waals surface area contributed by atoms with Gasteiger partial charge in [-0.1, -0.05) is 18.2 Å². The number of benzene rings is 2. The van der Waals surface area contributed by atoms with Crippen molar-refractivity contribution >= 4 is 10.0 Å². The Balaban J connectivity index is 2.18. The summed E-state index contributed by atoms with van der Waals surface area (Å²) >= 11 is 0. The number of hydrogen-bond acceptors (Lipinski definition) is 3. The Bertz CT molecular complexity index is 1100. The van der Waals surface area contributed by atoms with E-state index in [0.29, 0.717) is 0 Å². The maximum absolute atomic E-state index is 14.1. The van der Waals surface area contributed by atoms with Gasteiger partial charge in [0.2, 0.25) is 0 Å². The van der Waals surface area contributed by atoms with Gasteiger partial charge in [-0.05, 0) is 18.2 Å². The molecule has 2 aromatic carbocycles. The van der Waals surface area contributed by atoms with Crippen molar-refractivity contribution in [3.05, 3.63) is 71.7 Å². The molecule has 0 fully saturated rings. The van der Waals surface area contributed by atoms with Crippen LogP contribution in [0, 0.1) is 17.5 Å². The maximum atomic E-state index is 14.1. The van der Waals surface area contributed by atoms with E-state index in [9.17, 15) is 34.8 Å². The van der Waals surface area contributed by atoms with E-state index in [2.05, 4.69) is 5.10 Å². The van der Waals surface area contributed by atoms with E-state index in [4.69, 9.17) is 0 Å². The van der Waals surface area contributed by atoms with Crippen LogP contribution in [0.1, 0.15) is 5.69 Å². The molecule has 0 amide bonds. The maximum Gasteiger partial charge on any atom is 0.435 e. The van der Waals surface area contributed by atoms with Crippen molar-refractivity contribution < 1.29 is 34.8 Å². The second-order valence-corrected chi connectivity index (χ2v) is 7.14. The van der Waals surface area contributed by atoms with Crippen molar-refractivity contribution in [2.24, 2.45) is 0 Å². The number of alkyl halides is 3. The number of nitrogens with zero attached hydrogens (tertiary/aromatic N) is 2. The van der Waals surface area contributed by atoms with Crippen LogP contribution in [0.5, 0.6) is 0 Å². The fourth-order valence-electron chi connectivity index (χ4n) is 2.32. The first-order valence-corrected chi connectivity index (χ1v) is 8.87. The highest BCUT2D eigenvalue weighted by atomic mass is 32.2. The van der Waals surface area contributed by atoms with Crippen LogP contribution in [0.3, 0.4) is 0 Å². The minimum absolute atomic E-state index is 0.0740. The molecule has 148 valence electrons. The molecule has 3 rings (SSSR count). The van der Waals surface area contributed by atoms with E-state index in [1.807, 2.05) is 0 Å². The molecule has 0 aliphatic heterocycles. The van der Waals surface area contributed by atoms with Gasteiger partial charge >= 0.3 is 6.18 Å². The molecular weight excluding hydrogens is 412 g/mol. The number of aromatic nitrogens is 2. The molecule has 3 aromatic rings. The van der Waals surface area contributed by atoms with Crippen LogP contribution < -0.4 is 4.83 Å². The molecule has 0 radical (unpaired) electrons. The largest absolute Gasteiger partial charge is 0.435 e. The zero-order valence-corrected chi connectivity index (χ0v) is 14.3. The molecule has 1 aromatic heterocycles. The molecule has 1 heterocycles. The van der Waals surface area contributed by atoms with Crippen LogP contribution in [0.25, 0.3) is 11.3 Å². The number of sulfonamides is 1. The number of hydrogen-bond donors (Lipinski definition) is 1. The van der Waals surface area contributed by atoms with Crippen molar-refractivity contribution in [3.63, 3.8) is 0 Å². The minimum Gasteiger partial charge on any atom is -0.207 e. The standard InChI is InChI=1S/C16H9F6N3O2S/c17-9-6-11(18)15(12(19)7-9)13-8-14(16(20,21)22)23-25(13)24-28(26,27)10-4-2-1-3-5-10/h1-8,24H. The average molecular weight is 421 g/mol. The monoisotopic (exact) mass is 421 g/mol. The zero-order chi connectivity index (χ0) is 20.7. The van der Waals surface area contributed by atoms with Gasteiger partial charge < -0.3 is 0 Å². The van der Waals surface area contributed by atoms with Gasteiger partial charge in [-0.25, -0.2) is 13.2 Å². The molecule has 0 saturated heterocycles. The third-order valence-corrected chi connectivity index (χ3v) is 4.83. The molecule has 0 saturated carbocycles. The van der Waals surface area contributed by atoms with Gasteiger partial charge in [0, 0.05) is 12.1 Å². The lowest BCUT2D eigenvalue weighted by Crippen LogP contribution is -2.26. The molecule has 0 bridgehead atoms. The number of rotatable bonds is 4. The molecule has 0 spiro atoms. The van der Waals surface area contributed by atoms with Crippen LogP contribution in [0.15, 0.2) is 53.4 Å². The molecule has 0 atom stereocenters. The predicted molar refractivity (Wildman–Crippen MR) is 85.5 cm³/mol. The smallest absolute Gasteiger partial charge is 0.207 e. The second-order valence-electron chi connectivity index (χ2n) is 5.48. The highest BCUT2D eigenvalue weighted by molar-refractivity contribution is 7.92. The van der Waals surface area contributed by atoms with Crippen molar-refractivity contribution in [3.8, 4) is 11.3 Å². The summed E-state index contributed by atoms with van der Waals surface area (Å²) < 4.78 is 105. The second kappa shape index (κ2) is 6.86. The molecular formula is C16H9F6N3O2S. The quantitative estimate of drug-likeness (QED) is 0.650. The van der Waals surface area contributed by atoms with Gasteiger partial charge in [0.1, 0.15) is 17.5 Å². The lowest BCUT2D eigenvalue weighted by molar-refractivity contribution is -0.141. The van der Waals surface area contributed by atoms with E-state index < -0.39 is 50.6 Å². The summed E-state index contributed by atoms with van der Waals surface area (Å²) in [5, 5.41) is 3.05. The third-order valence-electron chi connectivity index (χ3n) is 3.52. The zero-order valence-electron chi connectivity index (χ0n) is 13.5. The van der Waals surface area contributed by atoms with Crippen LogP contribution in [0.2, 0.25) is 0 Å².